The third-order valence-corrected chi connectivity index (χ3v) is 7.03. The molecule has 0 aliphatic carbocycles. The van der Waals surface area contributed by atoms with Gasteiger partial charge in [0.2, 0.25) is 11.8 Å². The van der Waals surface area contributed by atoms with E-state index < -0.39 is 0 Å². The Balaban J connectivity index is 1.19. The molecule has 0 unspecified atom stereocenters. The maximum absolute atomic E-state index is 12.6. The number of anilines is 2. The van der Waals surface area contributed by atoms with E-state index in [2.05, 4.69) is 21.7 Å². The van der Waals surface area contributed by atoms with Crippen LogP contribution in [0.25, 0.3) is 0 Å². The lowest BCUT2D eigenvalue weighted by Crippen LogP contribution is -2.29. The van der Waals surface area contributed by atoms with Crippen molar-refractivity contribution in [2.45, 2.75) is 32.4 Å². The Morgan fingerprint density at radius 3 is 2.34 bits per heavy atom. The van der Waals surface area contributed by atoms with E-state index in [1.165, 1.54) is 15.3 Å². The van der Waals surface area contributed by atoms with E-state index in [1.807, 2.05) is 35.6 Å². The van der Waals surface area contributed by atoms with Gasteiger partial charge in [-0.05, 0) is 65.4 Å². The van der Waals surface area contributed by atoms with Crippen molar-refractivity contribution in [2.24, 2.45) is 0 Å². The second-order valence-corrected chi connectivity index (χ2v) is 9.11. The molecule has 32 heavy (non-hydrogen) atoms. The van der Waals surface area contributed by atoms with E-state index in [-0.39, 0.29) is 37.1 Å². The van der Waals surface area contributed by atoms with Crippen LogP contribution in [0.3, 0.4) is 0 Å². The lowest BCUT2D eigenvalue weighted by molar-refractivity contribution is -0.139. The molecule has 1 fully saturated rings. The van der Waals surface area contributed by atoms with Crippen LogP contribution >= 0.6 is 11.3 Å². The summed E-state index contributed by atoms with van der Waals surface area (Å²) in [5, 5.41) is 5.09. The number of fused-ring (bicyclic) bond motifs is 1. The molecule has 0 bridgehead atoms. The second-order valence-electron chi connectivity index (χ2n) is 8.11. The zero-order valence-corrected chi connectivity index (χ0v) is 18.4. The van der Waals surface area contributed by atoms with Crippen molar-refractivity contribution in [1.82, 2.24) is 4.90 Å². The van der Waals surface area contributed by atoms with Gasteiger partial charge in [-0.15, -0.1) is 11.3 Å². The van der Waals surface area contributed by atoms with Crippen LogP contribution in [0.4, 0.5) is 11.4 Å². The molecule has 3 amide bonds. The van der Waals surface area contributed by atoms with E-state index in [4.69, 9.17) is 0 Å². The monoisotopic (exact) mass is 445 g/mol. The number of benzene rings is 2. The maximum Gasteiger partial charge on any atom is 0.255 e. The minimum atomic E-state index is -0.196. The van der Waals surface area contributed by atoms with Gasteiger partial charge in [-0.3, -0.25) is 19.3 Å². The van der Waals surface area contributed by atoms with Gasteiger partial charge in [0.15, 0.2) is 0 Å². The number of carbonyl (C=O) groups excluding carboxylic acids is 3. The summed E-state index contributed by atoms with van der Waals surface area (Å²) in [5.41, 5.74) is 4.64. The Kier molecular flexibility index (Phi) is 5.49. The van der Waals surface area contributed by atoms with E-state index in [9.17, 15) is 14.4 Å². The van der Waals surface area contributed by atoms with Gasteiger partial charge in [0.1, 0.15) is 0 Å². The fraction of sp³-hybridized carbons (Fsp3) is 0.240. The summed E-state index contributed by atoms with van der Waals surface area (Å²) in [6.07, 6.45) is 1.64. The SMILES string of the molecule is O=C(Nc1ccc(N2CCc3sccc3C2)cc1)c1ccc(CN2C(=O)CCC2=O)cc1. The molecule has 6 nitrogen and oxygen atoms in total. The van der Waals surface area contributed by atoms with Crippen molar-refractivity contribution < 1.29 is 14.4 Å². The predicted octanol–water partition coefficient (Wildman–Crippen LogP) is 4.21. The molecule has 2 aliphatic heterocycles. The molecule has 7 heteroatoms. The number of likely N-dealkylation sites (tertiary alicyclic amines) is 1. The van der Waals surface area contributed by atoms with E-state index in [1.54, 1.807) is 24.3 Å². The van der Waals surface area contributed by atoms with Crippen LogP contribution in [-0.4, -0.2) is 29.2 Å². The molecule has 2 aromatic carbocycles. The highest BCUT2D eigenvalue weighted by molar-refractivity contribution is 7.10. The molecular formula is C25H23N3O3S. The maximum atomic E-state index is 12.6. The fourth-order valence-electron chi connectivity index (χ4n) is 4.17. The van der Waals surface area contributed by atoms with Crippen molar-refractivity contribution in [3.63, 3.8) is 0 Å². The van der Waals surface area contributed by atoms with Gasteiger partial charge in [0.05, 0.1) is 6.54 Å². The molecule has 1 aromatic heterocycles. The Bertz CT molecular complexity index is 1150. The minimum absolute atomic E-state index is 0.138. The van der Waals surface area contributed by atoms with Crippen molar-refractivity contribution >= 4 is 40.4 Å². The van der Waals surface area contributed by atoms with Gasteiger partial charge < -0.3 is 10.2 Å². The summed E-state index contributed by atoms with van der Waals surface area (Å²) < 4.78 is 0. The Hall–Kier alpha value is -3.45. The van der Waals surface area contributed by atoms with Gasteiger partial charge >= 0.3 is 0 Å². The number of rotatable bonds is 5. The number of imide groups is 1. The molecule has 1 N–H and O–H groups in total. The first-order valence-electron chi connectivity index (χ1n) is 10.7. The Morgan fingerprint density at radius 1 is 0.906 bits per heavy atom. The third kappa shape index (κ3) is 4.16. The molecule has 0 atom stereocenters. The quantitative estimate of drug-likeness (QED) is 0.598. The number of nitrogens with one attached hydrogen (secondary N) is 1. The first kappa shape index (κ1) is 20.5. The Morgan fingerprint density at radius 2 is 1.62 bits per heavy atom. The molecule has 0 spiro atoms. The highest BCUT2D eigenvalue weighted by Crippen LogP contribution is 2.28. The average Bonchev–Trinajstić information content (AvgIpc) is 3.41. The zero-order chi connectivity index (χ0) is 22.1. The van der Waals surface area contributed by atoms with Crippen LogP contribution in [0.15, 0.2) is 60.0 Å². The summed E-state index contributed by atoms with van der Waals surface area (Å²) >= 11 is 1.83. The van der Waals surface area contributed by atoms with Crippen LogP contribution in [0.1, 0.15) is 39.2 Å². The molecule has 1 saturated heterocycles. The molecule has 2 aliphatic rings. The summed E-state index contributed by atoms with van der Waals surface area (Å²) in [7, 11) is 0. The summed E-state index contributed by atoms with van der Waals surface area (Å²) in [6, 6.07) is 17.1. The highest BCUT2D eigenvalue weighted by Gasteiger charge is 2.28. The van der Waals surface area contributed by atoms with Gasteiger partial charge in [-0.1, -0.05) is 12.1 Å². The number of hydrogen-bond acceptors (Lipinski definition) is 5. The summed E-state index contributed by atoms with van der Waals surface area (Å²) in [6.45, 7) is 2.18. The van der Waals surface area contributed by atoms with Gasteiger partial charge in [-0.25, -0.2) is 0 Å². The summed E-state index contributed by atoms with van der Waals surface area (Å²) in [5.74, 6) is -0.473. The van der Waals surface area contributed by atoms with Crippen molar-refractivity contribution in [3.05, 3.63) is 81.5 Å². The number of amides is 3. The van der Waals surface area contributed by atoms with Crippen LogP contribution in [0, 0.1) is 0 Å². The topological polar surface area (TPSA) is 69.7 Å². The number of nitrogens with zero attached hydrogens (tertiary/aromatic N) is 2. The lowest BCUT2D eigenvalue weighted by Gasteiger charge is -2.29. The van der Waals surface area contributed by atoms with Crippen molar-refractivity contribution in [1.29, 1.82) is 0 Å². The Labute approximate surface area is 190 Å². The third-order valence-electron chi connectivity index (χ3n) is 6.01. The van der Waals surface area contributed by atoms with Crippen molar-refractivity contribution in [3.8, 4) is 0 Å². The van der Waals surface area contributed by atoms with E-state index in [0.29, 0.717) is 5.56 Å². The lowest BCUT2D eigenvalue weighted by atomic mass is 10.1. The smallest absolute Gasteiger partial charge is 0.255 e. The minimum Gasteiger partial charge on any atom is -0.367 e. The first-order valence-corrected chi connectivity index (χ1v) is 11.6. The zero-order valence-electron chi connectivity index (χ0n) is 17.5. The molecular weight excluding hydrogens is 422 g/mol. The van der Waals surface area contributed by atoms with Gasteiger partial charge in [0, 0.05) is 47.7 Å². The molecule has 3 aromatic rings. The van der Waals surface area contributed by atoms with Crippen LogP contribution in [0.2, 0.25) is 0 Å². The second kappa shape index (κ2) is 8.59. The number of hydrogen-bond donors (Lipinski definition) is 1. The molecule has 0 saturated carbocycles. The van der Waals surface area contributed by atoms with E-state index >= 15 is 0 Å². The molecule has 5 rings (SSSR count). The van der Waals surface area contributed by atoms with Crippen LogP contribution in [-0.2, 0) is 29.1 Å². The standard InChI is InChI=1S/C25H23N3O3S/c29-23-9-10-24(30)28(23)15-17-1-3-18(4-2-17)25(31)26-20-5-7-21(8-6-20)27-13-11-22-19(16-27)12-14-32-22/h1-8,12,14H,9-11,13,15-16H2,(H,26,31). The summed E-state index contributed by atoms with van der Waals surface area (Å²) in [4.78, 5) is 41.3. The first-order chi connectivity index (χ1) is 15.6. The van der Waals surface area contributed by atoms with Gasteiger partial charge in [-0.2, -0.15) is 0 Å². The van der Waals surface area contributed by atoms with E-state index in [0.717, 1.165) is 36.4 Å². The average molecular weight is 446 g/mol. The number of carbonyl (C=O) groups is 3. The van der Waals surface area contributed by atoms with Gasteiger partial charge in [0.25, 0.3) is 5.91 Å². The highest BCUT2D eigenvalue weighted by atomic mass is 32.1. The molecule has 3 heterocycles. The molecule has 162 valence electrons. The largest absolute Gasteiger partial charge is 0.367 e. The van der Waals surface area contributed by atoms with Crippen LogP contribution in [0.5, 0.6) is 0 Å². The predicted molar refractivity (Wildman–Crippen MR) is 125 cm³/mol. The molecule has 0 radical (unpaired) electrons. The van der Waals surface area contributed by atoms with Crippen molar-refractivity contribution in [2.75, 3.05) is 16.8 Å². The van der Waals surface area contributed by atoms with Crippen LogP contribution < -0.4 is 10.2 Å². The number of thiophene rings is 1. The fourth-order valence-corrected chi connectivity index (χ4v) is 5.06. The normalized spacial score (nSPS) is 15.8.